The molecule has 3 fully saturated rings. The highest BCUT2D eigenvalue weighted by molar-refractivity contribution is 14.1. The second-order valence-electron chi connectivity index (χ2n) is 10.3. The summed E-state index contributed by atoms with van der Waals surface area (Å²) in [6.45, 7) is 3.87. The zero-order valence-corrected chi connectivity index (χ0v) is 23.1. The summed E-state index contributed by atoms with van der Waals surface area (Å²) in [6, 6.07) is 3.22. The van der Waals surface area contributed by atoms with Gasteiger partial charge in [-0.15, -0.1) is 0 Å². The number of fused-ring (bicyclic) bond motifs is 2. The van der Waals surface area contributed by atoms with Crippen molar-refractivity contribution in [2.45, 2.75) is 31.0 Å². The monoisotopic (exact) mass is 658 g/mol. The van der Waals surface area contributed by atoms with Crippen molar-refractivity contribution in [1.82, 2.24) is 20.2 Å². The van der Waals surface area contributed by atoms with Gasteiger partial charge in [-0.2, -0.15) is 9.97 Å². The van der Waals surface area contributed by atoms with Gasteiger partial charge in [0.1, 0.15) is 29.9 Å². The molecular formula is C26H27F4IN6O2. The molecule has 0 saturated carbocycles. The molecule has 8 nitrogen and oxygen atoms in total. The number of hydrogen-bond donors (Lipinski definition) is 2. The SMILES string of the molecule is Nc1cc(F)c(F)c(-c2cc(OI)c3c(N4CCNCC4)nc(OC[C@@]45CCCN4C[C@H](F)C5)nc3c2F)c1. The minimum absolute atomic E-state index is 0.0586. The van der Waals surface area contributed by atoms with Gasteiger partial charge in [0, 0.05) is 56.0 Å². The van der Waals surface area contributed by atoms with E-state index in [2.05, 4.69) is 20.2 Å². The summed E-state index contributed by atoms with van der Waals surface area (Å²) in [5.41, 5.74) is 4.46. The number of piperazine rings is 1. The van der Waals surface area contributed by atoms with Gasteiger partial charge < -0.3 is 23.8 Å². The number of ether oxygens (including phenoxy) is 1. The van der Waals surface area contributed by atoms with Crippen molar-refractivity contribution in [2.24, 2.45) is 0 Å². The Hall–Kier alpha value is -2.65. The van der Waals surface area contributed by atoms with Gasteiger partial charge in [-0.1, -0.05) is 0 Å². The third-order valence-corrected chi connectivity index (χ3v) is 8.38. The van der Waals surface area contributed by atoms with E-state index in [4.69, 9.17) is 13.5 Å². The lowest BCUT2D eigenvalue weighted by atomic mass is 9.95. The molecule has 0 unspecified atom stereocenters. The maximum atomic E-state index is 16.2. The highest BCUT2D eigenvalue weighted by Gasteiger charge is 2.49. The van der Waals surface area contributed by atoms with E-state index >= 15 is 4.39 Å². The standard InChI is InChI=1S/C26H27F4IN6O2/c27-14-11-26(2-1-5-37(26)12-14)13-38-25-34-23-20(24(35-25)36-6-3-33-4-7-36)19(39-31)10-17(22(23)30)16-8-15(32)9-18(28)21(16)29/h8-10,14,33H,1-7,11-13,32H2/t14-,26+/m1/s1. The number of alkyl halides is 1. The van der Waals surface area contributed by atoms with Crippen molar-refractivity contribution in [1.29, 1.82) is 0 Å². The first-order chi connectivity index (χ1) is 18.8. The molecule has 6 rings (SSSR count). The van der Waals surface area contributed by atoms with Crippen LogP contribution in [0.1, 0.15) is 19.3 Å². The van der Waals surface area contributed by atoms with Crippen LogP contribution in [-0.2, 0) is 0 Å². The Labute approximate surface area is 236 Å². The van der Waals surface area contributed by atoms with Crippen molar-refractivity contribution < 1.29 is 25.4 Å². The molecule has 0 spiro atoms. The molecule has 208 valence electrons. The van der Waals surface area contributed by atoms with Crippen molar-refractivity contribution in [2.75, 3.05) is 56.5 Å². The van der Waals surface area contributed by atoms with E-state index in [9.17, 15) is 13.2 Å². The van der Waals surface area contributed by atoms with E-state index in [1.165, 1.54) is 6.07 Å². The van der Waals surface area contributed by atoms with Crippen LogP contribution in [-0.4, -0.2) is 72.5 Å². The van der Waals surface area contributed by atoms with Crippen LogP contribution in [0.25, 0.3) is 22.0 Å². The quantitative estimate of drug-likeness (QED) is 0.229. The van der Waals surface area contributed by atoms with E-state index in [0.29, 0.717) is 45.0 Å². The Morgan fingerprint density at radius 3 is 2.62 bits per heavy atom. The Morgan fingerprint density at radius 2 is 1.85 bits per heavy atom. The number of benzene rings is 2. The molecule has 3 saturated heterocycles. The van der Waals surface area contributed by atoms with E-state index in [0.717, 1.165) is 31.5 Å². The van der Waals surface area contributed by atoms with E-state index < -0.39 is 29.2 Å². The normalized spacial score (nSPS) is 23.4. The van der Waals surface area contributed by atoms with Crippen LogP contribution in [0.15, 0.2) is 18.2 Å². The zero-order valence-electron chi connectivity index (χ0n) is 21.0. The molecule has 1 aromatic heterocycles. The second-order valence-corrected chi connectivity index (χ2v) is 10.8. The number of hydrogen-bond acceptors (Lipinski definition) is 8. The summed E-state index contributed by atoms with van der Waals surface area (Å²) < 4.78 is 71.2. The smallest absolute Gasteiger partial charge is 0.319 e. The summed E-state index contributed by atoms with van der Waals surface area (Å²) in [7, 11) is 0. The number of nitrogen functional groups attached to an aromatic ring is 1. The molecule has 0 bridgehead atoms. The average Bonchev–Trinajstić information content (AvgIpc) is 3.46. The van der Waals surface area contributed by atoms with Crippen LogP contribution in [0.4, 0.5) is 29.1 Å². The second kappa shape index (κ2) is 10.4. The minimum atomic E-state index is -1.24. The van der Waals surface area contributed by atoms with Crippen LogP contribution in [0.3, 0.4) is 0 Å². The molecule has 0 radical (unpaired) electrons. The van der Waals surface area contributed by atoms with E-state index in [1.807, 2.05) is 4.90 Å². The molecule has 13 heteroatoms. The minimum Gasteiger partial charge on any atom is -0.461 e. The number of rotatable bonds is 6. The average molecular weight is 658 g/mol. The number of aromatic nitrogens is 2. The molecular weight excluding hydrogens is 631 g/mol. The fraction of sp³-hybridized carbons (Fsp3) is 0.462. The summed E-state index contributed by atoms with van der Waals surface area (Å²) in [5, 5.41) is 3.56. The summed E-state index contributed by atoms with van der Waals surface area (Å²) in [6.07, 6.45) is 1.16. The van der Waals surface area contributed by atoms with Crippen LogP contribution in [0.5, 0.6) is 11.8 Å². The molecule has 4 heterocycles. The van der Waals surface area contributed by atoms with Gasteiger partial charge in [-0.25, -0.2) is 17.6 Å². The predicted octanol–water partition coefficient (Wildman–Crippen LogP) is 4.39. The zero-order chi connectivity index (χ0) is 27.3. The lowest BCUT2D eigenvalue weighted by molar-refractivity contribution is 0.107. The Balaban J connectivity index is 1.50. The predicted molar refractivity (Wildman–Crippen MR) is 148 cm³/mol. The first-order valence-corrected chi connectivity index (χ1v) is 13.7. The summed E-state index contributed by atoms with van der Waals surface area (Å²) >= 11 is 1.65. The van der Waals surface area contributed by atoms with Gasteiger partial charge in [0.2, 0.25) is 0 Å². The van der Waals surface area contributed by atoms with E-state index in [1.54, 1.807) is 23.0 Å². The van der Waals surface area contributed by atoms with Gasteiger partial charge in [0.05, 0.1) is 10.9 Å². The molecule has 0 aliphatic carbocycles. The van der Waals surface area contributed by atoms with Crippen molar-refractivity contribution in [3.05, 3.63) is 35.7 Å². The highest BCUT2D eigenvalue weighted by atomic mass is 127. The first kappa shape index (κ1) is 26.6. The number of anilines is 2. The maximum absolute atomic E-state index is 16.2. The summed E-state index contributed by atoms with van der Waals surface area (Å²) in [4.78, 5) is 13.1. The fourth-order valence-corrected chi connectivity index (χ4v) is 6.44. The van der Waals surface area contributed by atoms with Gasteiger partial charge in [-0.3, -0.25) is 4.90 Å². The molecule has 3 aliphatic rings. The number of nitrogens with zero attached hydrogens (tertiary/aromatic N) is 4. The molecule has 0 amide bonds. The third-order valence-electron chi connectivity index (χ3n) is 7.91. The Morgan fingerprint density at radius 1 is 1.08 bits per heavy atom. The maximum Gasteiger partial charge on any atom is 0.319 e. The van der Waals surface area contributed by atoms with Crippen molar-refractivity contribution in [3.63, 3.8) is 0 Å². The Kier molecular flexibility index (Phi) is 7.08. The fourth-order valence-electron chi connectivity index (χ4n) is 6.09. The van der Waals surface area contributed by atoms with Crippen LogP contribution < -0.4 is 23.8 Å². The topological polar surface area (TPSA) is 88.8 Å². The molecule has 2 atom stereocenters. The van der Waals surface area contributed by atoms with Crippen LogP contribution in [0, 0.1) is 17.5 Å². The molecule has 3 N–H and O–H groups in total. The Bertz CT molecular complexity index is 1430. The highest BCUT2D eigenvalue weighted by Crippen LogP contribution is 2.43. The molecule has 3 aliphatic heterocycles. The largest absolute Gasteiger partial charge is 0.461 e. The number of nitrogens with one attached hydrogen (secondary N) is 1. The molecule has 3 aromatic rings. The van der Waals surface area contributed by atoms with E-state index in [-0.39, 0.29) is 46.1 Å². The van der Waals surface area contributed by atoms with Crippen molar-refractivity contribution in [3.8, 4) is 22.9 Å². The van der Waals surface area contributed by atoms with Crippen LogP contribution in [0.2, 0.25) is 0 Å². The number of nitrogens with two attached hydrogens (primary N) is 1. The van der Waals surface area contributed by atoms with Crippen LogP contribution >= 0.6 is 23.0 Å². The van der Waals surface area contributed by atoms with Gasteiger partial charge in [0.25, 0.3) is 0 Å². The lowest BCUT2D eigenvalue weighted by Crippen LogP contribution is -2.44. The first-order valence-electron chi connectivity index (χ1n) is 12.8. The van der Waals surface area contributed by atoms with Gasteiger partial charge in [-0.05, 0) is 37.6 Å². The van der Waals surface area contributed by atoms with Crippen molar-refractivity contribution >= 4 is 45.4 Å². The molecule has 2 aromatic carbocycles. The third kappa shape index (κ3) is 4.71. The lowest BCUT2D eigenvalue weighted by Gasteiger charge is -2.32. The van der Waals surface area contributed by atoms with Gasteiger partial charge in [0.15, 0.2) is 40.5 Å². The molecule has 39 heavy (non-hydrogen) atoms. The number of halogens is 5. The van der Waals surface area contributed by atoms with Gasteiger partial charge >= 0.3 is 6.01 Å². The summed E-state index contributed by atoms with van der Waals surface area (Å²) in [5.74, 6) is -2.74.